The molecule has 2 heterocycles. The van der Waals surface area contributed by atoms with Crippen molar-refractivity contribution in [3.63, 3.8) is 0 Å². The van der Waals surface area contributed by atoms with Crippen LogP contribution in [0, 0.1) is 0 Å². The molecule has 6 heteroatoms. The Kier molecular flexibility index (Phi) is 4.81. The van der Waals surface area contributed by atoms with Gasteiger partial charge in [-0.25, -0.2) is 9.69 Å². The van der Waals surface area contributed by atoms with Crippen molar-refractivity contribution in [3.8, 4) is 5.75 Å². The van der Waals surface area contributed by atoms with Gasteiger partial charge in [-0.3, -0.25) is 9.69 Å². The number of fused-ring (bicyclic) bond motifs is 1. The van der Waals surface area contributed by atoms with E-state index in [9.17, 15) is 9.59 Å². The first-order valence-corrected chi connectivity index (χ1v) is 9.65. The summed E-state index contributed by atoms with van der Waals surface area (Å²) in [7, 11) is 1.60. The van der Waals surface area contributed by atoms with Gasteiger partial charge < -0.3 is 10.1 Å². The van der Waals surface area contributed by atoms with Gasteiger partial charge in [0, 0.05) is 13.1 Å². The first-order chi connectivity index (χ1) is 13.6. The van der Waals surface area contributed by atoms with Gasteiger partial charge in [0.25, 0.3) is 5.91 Å². The first-order valence-electron chi connectivity index (χ1n) is 9.65. The van der Waals surface area contributed by atoms with Gasteiger partial charge in [0.15, 0.2) is 0 Å². The smallest absolute Gasteiger partial charge is 0.326 e. The summed E-state index contributed by atoms with van der Waals surface area (Å²) in [5.41, 5.74) is 2.37. The summed E-state index contributed by atoms with van der Waals surface area (Å²) >= 11 is 0. The number of hydrogen-bond donors (Lipinski definition) is 1. The summed E-state index contributed by atoms with van der Waals surface area (Å²) in [5, 5.41) is 2.95. The lowest BCUT2D eigenvalue weighted by Gasteiger charge is -2.31. The minimum absolute atomic E-state index is 0.191. The van der Waals surface area contributed by atoms with Gasteiger partial charge in [-0.15, -0.1) is 0 Å². The van der Waals surface area contributed by atoms with Gasteiger partial charge in [-0.1, -0.05) is 43.3 Å². The molecule has 1 saturated heterocycles. The topological polar surface area (TPSA) is 61.9 Å². The Bertz CT molecular complexity index is 896. The molecular weight excluding hydrogens is 354 g/mol. The molecule has 6 nitrogen and oxygen atoms in total. The fourth-order valence-corrected chi connectivity index (χ4v) is 4.14. The lowest BCUT2D eigenvalue weighted by Crippen LogP contribution is -2.46. The summed E-state index contributed by atoms with van der Waals surface area (Å²) in [6, 6.07) is 15.3. The third-order valence-corrected chi connectivity index (χ3v) is 5.84. The largest absolute Gasteiger partial charge is 0.497 e. The van der Waals surface area contributed by atoms with Crippen LogP contribution >= 0.6 is 0 Å². The maximum atomic E-state index is 13.3. The highest BCUT2D eigenvalue weighted by atomic mass is 16.5. The van der Waals surface area contributed by atoms with E-state index in [0.29, 0.717) is 13.1 Å². The molecule has 2 aromatic rings. The van der Waals surface area contributed by atoms with Crippen LogP contribution < -0.4 is 10.1 Å². The fourth-order valence-electron chi connectivity index (χ4n) is 4.14. The van der Waals surface area contributed by atoms with Gasteiger partial charge in [0.05, 0.1) is 13.8 Å². The fraction of sp³-hybridized carbons (Fsp3) is 0.364. The maximum Gasteiger partial charge on any atom is 0.326 e. The average Bonchev–Trinajstić information content (AvgIpc) is 2.99. The van der Waals surface area contributed by atoms with Crippen LogP contribution in [0.4, 0.5) is 4.79 Å². The number of carbonyl (C=O) groups excluding carboxylic acids is 2. The second-order valence-electron chi connectivity index (χ2n) is 7.36. The molecule has 1 fully saturated rings. The molecule has 0 unspecified atom stereocenters. The molecule has 0 saturated carbocycles. The lowest BCUT2D eigenvalue weighted by atomic mass is 9.87. The number of hydrogen-bond acceptors (Lipinski definition) is 4. The van der Waals surface area contributed by atoms with E-state index in [1.54, 1.807) is 7.11 Å². The van der Waals surface area contributed by atoms with E-state index in [0.717, 1.165) is 30.8 Å². The van der Waals surface area contributed by atoms with Gasteiger partial charge in [-0.2, -0.15) is 0 Å². The van der Waals surface area contributed by atoms with Crippen LogP contribution in [0.1, 0.15) is 30.0 Å². The van der Waals surface area contributed by atoms with E-state index in [1.807, 2.05) is 37.3 Å². The second-order valence-corrected chi connectivity index (χ2v) is 7.36. The molecule has 28 heavy (non-hydrogen) atoms. The van der Waals surface area contributed by atoms with Gasteiger partial charge >= 0.3 is 6.03 Å². The molecule has 1 atom stereocenters. The van der Waals surface area contributed by atoms with Crippen LogP contribution in [-0.4, -0.2) is 42.1 Å². The van der Waals surface area contributed by atoms with Crippen LogP contribution in [0.5, 0.6) is 5.75 Å². The number of urea groups is 1. The molecule has 4 rings (SSSR count). The molecule has 2 aliphatic rings. The predicted octanol–water partition coefficient (Wildman–Crippen LogP) is 2.87. The van der Waals surface area contributed by atoms with E-state index in [2.05, 4.69) is 28.4 Å². The van der Waals surface area contributed by atoms with Crippen molar-refractivity contribution in [1.29, 1.82) is 0 Å². The van der Waals surface area contributed by atoms with Crippen molar-refractivity contribution >= 4 is 11.9 Å². The number of nitrogens with one attached hydrogen (secondary N) is 1. The van der Waals surface area contributed by atoms with Gasteiger partial charge in [0.2, 0.25) is 0 Å². The van der Waals surface area contributed by atoms with Crippen LogP contribution in [0.3, 0.4) is 0 Å². The Labute approximate surface area is 165 Å². The standard InChI is InChI=1S/C22H25N3O3/c1-3-22(18-8-10-19(28-2)11-9-18)20(26)25(21(27)23-22)15-24-13-12-16-6-4-5-7-17(16)14-24/h4-11H,3,12-15H2,1-2H3,(H,23,27)/t22-/m1/s1. The lowest BCUT2D eigenvalue weighted by molar-refractivity contribution is -0.133. The molecule has 0 aromatic heterocycles. The highest BCUT2D eigenvalue weighted by molar-refractivity contribution is 6.07. The van der Waals surface area contributed by atoms with Crippen molar-refractivity contribution in [1.82, 2.24) is 15.1 Å². The van der Waals surface area contributed by atoms with E-state index in [4.69, 9.17) is 4.74 Å². The molecule has 3 amide bonds. The van der Waals surface area contributed by atoms with Crippen LogP contribution in [0.2, 0.25) is 0 Å². The second kappa shape index (κ2) is 7.28. The summed E-state index contributed by atoms with van der Waals surface area (Å²) < 4.78 is 5.21. The Morgan fingerprint density at radius 1 is 1.07 bits per heavy atom. The normalized spacial score (nSPS) is 22.1. The zero-order valence-electron chi connectivity index (χ0n) is 16.3. The zero-order valence-corrected chi connectivity index (χ0v) is 16.3. The minimum Gasteiger partial charge on any atom is -0.497 e. The third-order valence-electron chi connectivity index (χ3n) is 5.84. The third kappa shape index (κ3) is 3.03. The molecule has 0 bridgehead atoms. The number of ether oxygens (including phenoxy) is 1. The minimum atomic E-state index is -1.02. The predicted molar refractivity (Wildman–Crippen MR) is 106 cm³/mol. The molecule has 0 spiro atoms. The monoisotopic (exact) mass is 379 g/mol. The van der Waals surface area contributed by atoms with Crippen LogP contribution in [0.25, 0.3) is 0 Å². The Morgan fingerprint density at radius 3 is 2.46 bits per heavy atom. The van der Waals surface area contributed by atoms with Crippen molar-refractivity contribution in [2.24, 2.45) is 0 Å². The zero-order chi connectivity index (χ0) is 19.7. The number of imide groups is 1. The summed E-state index contributed by atoms with van der Waals surface area (Å²) in [6.07, 6.45) is 1.42. The molecule has 0 radical (unpaired) electrons. The van der Waals surface area contributed by atoms with Crippen molar-refractivity contribution in [2.75, 3.05) is 20.3 Å². The molecule has 2 aliphatic heterocycles. The number of rotatable bonds is 5. The van der Waals surface area contributed by atoms with Crippen molar-refractivity contribution in [3.05, 3.63) is 65.2 Å². The quantitative estimate of drug-likeness (QED) is 0.812. The Hall–Kier alpha value is -2.86. The average molecular weight is 379 g/mol. The van der Waals surface area contributed by atoms with E-state index < -0.39 is 5.54 Å². The molecule has 0 aliphatic carbocycles. The number of amides is 3. The van der Waals surface area contributed by atoms with Gasteiger partial charge in [-0.05, 0) is 41.7 Å². The number of nitrogens with zero attached hydrogens (tertiary/aromatic N) is 2. The maximum absolute atomic E-state index is 13.3. The Balaban J connectivity index is 1.54. The highest BCUT2D eigenvalue weighted by Gasteiger charge is 2.51. The summed E-state index contributed by atoms with van der Waals surface area (Å²) in [4.78, 5) is 29.5. The molecule has 146 valence electrons. The SMILES string of the molecule is CC[C@]1(c2ccc(OC)cc2)NC(=O)N(CN2CCc3ccccc3C2)C1=O. The van der Waals surface area contributed by atoms with E-state index in [1.165, 1.54) is 16.0 Å². The first kappa shape index (κ1) is 18.5. The number of benzene rings is 2. The van der Waals surface area contributed by atoms with Crippen LogP contribution in [0.15, 0.2) is 48.5 Å². The summed E-state index contributed by atoms with van der Waals surface area (Å²) in [6.45, 7) is 3.80. The molecular formula is C22H25N3O3. The number of methoxy groups -OCH3 is 1. The van der Waals surface area contributed by atoms with Crippen molar-refractivity contribution < 1.29 is 14.3 Å². The Morgan fingerprint density at radius 2 is 1.79 bits per heavy atom. The van der Waals surface area contributed by atoms with E-state index >= 15 is 0 Å². The number of carbonyl (C=O) groups is 2. The highest BCUT2D eigenvalue weighted by Crippen LogP contribution is 2.33. The summed E-state index contributed by atoms with van der Waals surface area (Å²) in [5.74, 6) is 0.527. The van der Waals surface area contributed by atoms with Gasteiger partial charge in [0.1, 0.15) is 11.3 Å². The van der Waals surface area contributed by atoms with Crippen LogP contribution in [-0.2, 0) is 23.3 Å². The van der Waals surface area contributed by atoms with Crippen molar-refractivity contribution in [2.45, 2.75) is 31.8 Å². The molecule has 1 N–H and O–H groups in total. The van der Waals surface area contributed by atoms with E-state index in [-0.39, 0.29) is 11.9 Å². The molecule has 2 aromatic carbocycles.